The lowest BCUT2D eigenvalue weighted by molar-refractivity contribution is 0.101. The highest BCUT2D eigenvalue weighted by atomic mass is 16.3. The maximum atomic E-state index is 12.5. The van der Waals surface area contributed by atoms with Crippen molar-refractivity contribution in [3.8, 4) is 17.1 Å². The van der Waals surface area contributed by atoms with Gasteiger partial charge in [-0.3, -0.25) is 4.79 Å². The smallest absolute Gasteiger partial charge is 0.280 e. The van der Waals surface area contributed by atoms with Crippen LogP contribution in [0.25, 0.3) is 11.3 Å². The number of carbonyl (C=O) groups excluding carboxylic acids is 1. The van der Waals surface area contributed by atoms with E-state index in [4.69, 9.17) is 0 Å². The van der Waals surface area contributed by atoms with Crippen molar-refractivity contribution in [3.63, 3.8) is 0 Å². The van der Waals surface area contributed by atoms with Crippen molar-refractivity contribution in [2.75, 3.05) is 0 Å². The summed E-state index contributed by atoms with van der Waals surface area (Å²) in [5.41, 5.74) is 3.62. The van der Waals surface area contributed by atoms with Gasteiger partial charge < -0.3 is 10.1 Å². The van der Waals surface area contributed by atoms with Crippen molar-refractivity contribution < 1.29 is 9.90 Å². The first-order chi connectivity index (χ1) is 11.2. The second kappa shape index (κ2) is 4.57. The standard InChI is InChI=1S/C19H18N2O2/c22-18-14-15(17(21-18)13-9-10-6-7-12(13)8-10)19(23)20-16(14)11-4-2-1-3-5-11/h1-5,10,12-13,20,23H,6-9H2. The van der Waals surface area contributed by atoms with E-state index in [1.54, 1.807) is 0 Å². The fraction of sp³-hybridized carbons (Fsp3) is 0.368. The molecule has 3 aliphatic rings. The first-order valence-electron chi connectivity index (χ1n) is 8.36. The third kappa shape index (κ3) is 1.78. The summed E-state index contributed by atoms with van der Waals surface area (Å²) in [5, 5.41) is 10.4. The summed E-state index contributed by atoms with van der Waals surface area (Å²) in [4.78, 5) is 19.9. The molecule has 3 unspecified atom stereocenters. The fourth-order valence-electron chi connectivity index (χ4n) is 4.84. The minimum Gasteiger partial charge on any atom is -0.494 e. The lowest BCUT2D eigenvalue weighted by atomic mass is 9.83. The zero-order valence-corrected chi connectivity index (χ0v) is 12.7. The van der Waals surface area contributed by atoms with Gasteiger partial charge in [-0.25, -0.2) is 4.99 Å². The van der Waals surface area contributed by atoms with Crippen LogP contribution in [0.15, 0.2) is 35.3 Å². The lowest BCUT2D eigenvalue weighted by Gasteiger charge is -2.21. The van der Waals surface area contributed by atoms with Gasteiger partial charge >= 0.3 is 0 Å². The number of carbonyl (C=O) groups is 1. The summed E-state index contributed by atoms with van der Waals surface area (Å²) < 4.78 is 0. The van der Waals surface area contributed by atoms with Gasteiger partial charge in [0.2, 0.25) is 0 Å². The van der Waals surface area contributed by atoms with Crippen LogP contribution >= 0.6 is 0 Å². The van der Waals surface area contributed by atoms with E-state index in [2.05, 4.69) is 9.98 Å². The number of H-pyrrole nitrogens is 1. The Morgan fingerprint density at radius 3 is 2.61 bits per heavy atom. The molecule has 2 aliphatic carbocycles. The first kappa shape index (κ1) is 13.1. The first-order valence-corrected chi connectivity index (χ1v) is 8.36. The molecule has 1 aliphatic heterocycles. The van der Waals surface area contributed by atoms with Gasteiger partial charge in [0.05, 0.1) is 22.5 Å². The number of hydrogen-bond donors (Lipinski definition) is 2. The van der Waals surface area contributed by atoms with E-state index in [0.717, 1.165) is 23.6 Å². The summed E-state index contributed by atoms with van der Waals surface area (Å²) in [6, 6.07) is 9.67. The third-order valence-electron chi connectivity index (χ3n) is 5.82. The average Bonchev–Trinajstić information content (AvgIpc) is 3.31. The Morgan fingerprint density at radius 1 is 1.09 bits per heavy atom. The number of nitrogens with one attached hydrogen (secondary N) is 1. The van der Waals surface area contributed by atoms with E-state index in [-0.39, 0.29) is 11.8 Å². The van der Waals surface area contributed by atoms with Crippen LogP contribution in [-0.4, -0.2) is 21.7 Å². The van der Waals surface area contributed by atoms with Gasteiger partial charge in [0.15, 0.2) is 5.88 Å². The molecule has 2 aromatic rings. The topological polar surface area (TPSA) is 65.4 Å². The normalized spacial score (nSPS) is 28.3. The van der Waals surface area contributed by atoms with Crippen molar-refractivity contribution in [3.05, 3.63) is 41.5 Å². The molecule has 3 atom stereocenters. The number of aliphatic imine (C=N–C) groups is 1. The van der Waals surface area contributed by atoms with Crippen molar-refractivity contribution in [2.45, 2.75) is 25.7 Å². The maximum Gasteiger partial charge on any atom is 0.280 e. The molecule has 2 fully saturated rings. The Kier molecular flexibility index (Phi) is 2.61. The summed E-state index contributed by atoms with van der Waals surface area (Å²) >= 11 is 0. The molecule has 2 bridgehead atoms. The van der Waals surface area contributed by atoms with E-state index in [1.807, 2.05) is 30.3 Å². The van der Waals surface area contributed by atoms with Crippen molar-refractivity contribution in [1.29, 1.82) is 0 Å². The predicted octanol–water partition coefficient (Wildman–Crippen LogP) is 3.77. The van der Waals surface area contributed by atoms with Crippen LogP contribution in [0.3, 0.4) is 0 Å². The van der Waals surface area contributed by atoms with Gasteiger partial charge in [-0.15, -0.1) is 0 Å². The minimum atomic E-state index is -0.215. The zero-order chi connectivity index (χ0) is 15.6. The Labute approximate surface area is 134 Å². The molecule has 5 rings (SSSR count). The van der Waals surface area contributed by atoms with E-state index in [9.17, 15) is 9.90 Å². The molecule has 2 N–H and O–H groups in total. The van der Waals surface area contributed by atoms with Crippen LogP contribution < -0.4 is 0 Å². The molecule has 4 nitrogen and oxygen atoms in total. The average molecular weight is 306 g/mol. The number of aromatic hydroxyl groups is 1. The number of fused-ring (bicyclic) bond motifs is 3. The fourth-order valence-corrected chi connectivity index (χ4v) is 4.84. The molecule has 0 radical (unpaired) electrons. The van der Waals surface area contributed by atoms with Crippen molar-refractivity contribution in [2.24, 2.45) is 22.7 Å². The zero-order valence-electron chi connectivity index (χ0n) is 12.7. The summed E-state index contributed by atoms with van der Waals surface area (Å²) in [7, 11) is 0. The maximum absolute atomic E-state index is 12.5. The largest absolute Gasteiger partial charge is 0.494 e. The van der Waals surface area contributed by atoms with Crippen LogP contribution in [-0.2, 0) is 0 Å². The lowest BCUT2D eigenvalue weighted by Crippen LogP contribution is -2.20. The number of aromatic amines is 1. The molecule has 0 saturated heterocycles. The van der Waals surface area contributed by atoms with Crippen LogP contribution in [0.4, 0.5) is 0 Å². The van der Waals surface area contributed by atoms with Crippen LogP contribution in [0.2, 0.25) is 0 Å². The molecule has 0 spiro atoms. The molecular formula is C19H18N2O2. The van der Waals surface area contributed by atoms with Gasteiger partial charge in [-0.1, -0.05) is 36.8 Å². The molecule has 4 heteroatoms. The van der Waals surface area contributed by atoms with Crippen LogP contribution in [0.5, 0.6) is 5.88 Å². The Morgan fingerprint density at radius 2 is 1.91 bits per heavy atom. The number of amides is 1. The molecule has 1 amide bonds. The molecule has 23 heavy (non-hydrogen) atoms. The second-order valence-corrected chi connectivity index (χ2v) is 7.05. The quantitative estimate of drug-likeness (QED) is 0.887. The predicted molar refractivity (Wildman–Crippen MR) is 87.7 cm³/mol. The minimum absolute atomic E-state index is 0.0891. The number of benzene rings is 1. The molecule has 116 valence electrons. The Bertz CT molecular complexity index is 835. The van der Waals surface area contributed by atoms with E-state index in [0.29, 0.717) is 28.7 Å². The number of hydrogen-bond acceptors (Lipinski definition) is 2. The molecule has 2 heterocycles. The number of rotatable bonds is 2. The SMILES string of the molecule is O=C1N=C(C2CC3CCC2C3)c2c(O)[nH]c(-c3ccccc3)c21. The van der Waals surface area contributed by atoms with Gasteiger partial charge in [0.25, 0.3) is 5.91 Å². The van der Waals surface area contributed by atoms with Gasteiger partial charge in [-0.2, -0.15) is 0 Å². The van der Waals surface area contributed by atoms with Crippen molar-refractivity contribution >= 4 is 11.6 Å². The van der Waals surface area contributed by atoms with E-state index >= 15 is 0 Å². The summed E-state index contributed by atoms with van der Waals surface area (Å²) in [6.07, 6.45) is 4.91. The Balaban J connectivity index is 1.62. The van der Waals surface area contributed by atoms with Gasteiger partial charge in [0.1, 0.15) is 0 Å². The second-order valence-electron chi connectivity index (χ2n) is 7.05. The highest BCUT2D eigenvalue weighted by molar-refractivity contribution is 6.25. The third-order valence-corrected chi connectivity index (χ3v) is 5.82. The highest BCUT2D eigenvalue weighted by Crippen LogP contribution is 2.51. The highest BCUT2D eigenvalue weighted by Gasteiger charge is 2.46. The van der Waals surface area contributed by atoms with Gasteiger partial charge in [-0.05, 0) is 36.7 Å². The molecule has 1 aromatic carbocycles. The number of aromatic nitrogens is 1. The monoisotopic (exact) mass is 306 g/mol. The molecular weight excluding hydrogens is 288 g/mol. The Hall–Kier alpha value is -2.36. The number of nitrogens with zero attached hydrogens (tertiary/aromatic N) is 1. The molecule has 2 saturated carbocycles. The van der Waals surface area contributed by atoms with Crippen molar-refractivity contribution in [1.82, 2.24) is 4.98 Å². The molecule has 1 aromatic heterocycles. The van der Waals surface area contributed by atoms with Crippen LogP contribution in [0.1, 0.15) is 41.6 Å². The summed E-state index contributed by atoms with van der Waals surface area (Å²) in [6.45, 7) is 0. The van der Waals surface area contributed by atoms with Crippen LogP contribution in [0, 0.1) is 17.8 Å². The van der Waals surface area contributed by atoms with E-state index in [1.165, 1.54) is 19.3 Å². The summed E-state index contributed by atoms with van der Waals surface area (Å²) in [5.74, 6) is 1.62. The van der Waals surface area contributed by atoms with Gasteiger partial charge in [0, 0.05) is 5.92 Å². The van der Waals surface area contributed by atoms with E-state index < -0.39 is 0 Å².